The summed E-state index contributed by atoms with van der Waals surface area (Å²) in [7, 11) is 0. The summed E-state index contributed by atoms with van der Waals surface area (Å²) in [4.78, 5) is 22.7. The highest BCUT2D eigenvalue weighted by atomic mass is 127. The molecule has 0 aliphatic rings. The molecule has 0 bridgehead atoms. The van der Waals surface area contributed by atoms with E-state index in [1.54, 1.807) is 0 Å². The van der Waals surface area contributed by atoms with E-state index in [4.69, 9.17) is 10.5 Å². The van der Waals surface area contributed by atoms with Gasteiger partial charge in [-0.1, -0.05) is 64.1 Å². The third-order valence-corrected chi connectivity index (χ3v) is 5.85. The first-order chi connectivity index (χ1) is 10.9. The number of esters is 1. The fourth-order valence-electron chi connectivity index (χ4n) is 2.91. The molecule has 0 saturated carbocycles. The molecule has 0 aliphatic heterocycles. The SMILES string of the molecule is CC(=O)OC(CC(C)(C)I)C(C)(C)C(C)(C)CC(NC=O)C(C)(C)N. The molecule has 25 heavy (non-hydrogen) atoms. The predicted molar refractivity (Wildman–Crippen MR) is 112 cm³/mol. The summed E-state index contributed by atoms with van der Waals surface area (Å²) >= 11 is 2.39. The first-order valence-electron chi connectivity index (χ1n) is 8.79. The summed E-state index contributed by atoms with van der Waals surface area (Å²) in [6, 6.07) is -0.176. The molecular formula is C19H37IN2O3. The highest BCUT2D eigenvalue weighted by Gasteiger charge is 2.48. The molecule has 0 radical (unpaired) electrons. The Labute approximate surface area is 167 Å². The Balaban J connectivity index is 5.69. The van der Waals surface area contributed by atoms with Crippen LogP contribution in [0.15, 0.2) is 0 Å². The van der Waals surface area contributed by atoms with Crippen molar-refractivity contribution in [3.63, 3.8) is 0 Å². The molecule has 0 aromatic rings. The minimum atomic E-state index is -0.548. The summed E-state index contributed by atoms with van der Waals surface area (Å²) in [5.74, 6) is -0.267. The van der Waals surface area contributed by atoms with Crippen LogP contribution in [0.4, 0.5) is 0 Å². The van der Waals surface area contributed by atoms with Gasteiger partial charge < -0.3 is 15.8 Å². The van der Waals surface area contributed by atoms with E-state index in [0.717, 1.165) is 6.42 Å². The number of nitrogens with two attached hydrogens (primary N) is 1. The number of ether oxygens (including phenoxy) is 1. The monoisotopic (exact) mass is 468 g/mol. The van der Waals surface area contributed by atoms with Crippen LogP contribution >= 0.6 is 22.6 Å². The average Bonchev–Trinajstić information content (AvgIpc) is 2.33. The zero-order valence-corrected chi connectivity index (χ0v) is 19.5. The van der Waals surface area contributed by atoms with E-state index >= 15 is 0 Å². The zero-order chi connectivity index (χ0) is 20.3. The Hall–Kier alpha value is -0.370. The summed E-state index contributed by atoms with van der Waals surface area (Å²) in [5.41, 5.74) is 5.18. The van der Waals surface area contributed by atoms with E-state index in [2.05, 4.69) is 69.5 Å². The van der Waals surface area contributed by atoms with Crippen LogP contribution in [0.3, 0.4) is 0 Å². The Bertz CT molecular complexity index is 462. The van der Waals surface area contributed by atoms with Gasteiger partial charge in [-0.05, 0) is 32.1 Å². The lowest BCUT2D eigenvalue weighted by atomic mass is 9.60. The molecule has 148 valence electrons. The highest BCUT2D eigenvalue weighted by Crippen LogP contribution is 2.49. The normalized spacial score (nSPS) is 16.1. The third kappa shape index (κ3) is 7.81. The van der Waals surface area contributed by atoms with E-state index in [9.17, 15) is 9.59 Å². The Kier molecular flexibility index (Phi) is 8.42. The number of amides is 1. The summed E-state index contributed by atoms with van der Waals surface area (Å²) < 4.78 is 5.74. The molecule has 0 aromatic heterocycles. The number of hydrogen-bond acceptors (Lipinski definition) is 4. The minimum Gasteiger partial charge on any atom is -0.462 e. The van der Waals surface area contributed by atoms with Crippen LogP contribution in [0, 0.1) is 10.8 Å². The largest absolute Gasteiger partial charge is 0.462 e. The standard InChI is InChI=1S/C19H37IN2O3/c1-13(24)25-15(11-17(4,5)20)18(6,7)16(2,3)10-14(22-12-23)19(8,9)21/h12,14-15H,10-11,21H2,1-9H3,(H,22,23). The Morgan fingerprint density at radius 1 is 1.12 bits per heavy atom. The minimum absolute atomic E-state index is 0.00118. The van der Waals surface area contributed by atoms with Crippen LogP contribution < -0.4 is 11.1 Å². The molecular weight excluding hydrogens is 431 g/mol. The first-order valence-corrected chi connectivity index (χ1v) is 9.86. The molecule has 0 saturated heterocycles. The smallest absolute Gasteiger partial charge is 0.302 e. The molecule has 2 unspecified atom stereocenters. The average molecular weight is 468 g/mol. The van der Waals surface area contributed by atoms with Crippen molar-refractivity contribution in [2.75, 3.05) is 0 Å². The van der Waals surface area contributed by atoms with Gasteiger partial charge in [-0.25, -0.2) is 0 Å². The summed E-state index contributed by atoms with van der Waals surface area (Å²) in [6.07, 6.45) is 1.91. The van der Waals surface area contributed by atoms with E-state index in [-0.39, 0.29) is 32.4 Å². The lowest BCUT2D eigenvalue weighted by molar-refractivity contribution is -0.160. The van der Waals surface area contributed by atoms with Crippen molar-refractivity contribution in [2.45, 2.75) is 96.3 Å². The lowest BCUT2D eigenvalue weighted by Crippen LogP contribution is -2.57. The summed E-state index contributed by atoms with van der Waals surface area (Å²) in [5, 5.41) is 2.86. The molecule has 5 nitrogen and oxygen atoms in total. The maximum absolute atomic E-state index is 11.7. The molecule has 3 N–H and O–H groups in total. The molecule has 0 fully saturated rings. The third-order valence-electron chi connectivity index (χ3n) is 5.41. The van der Waals surface area contributed by atoms with Gasteiger partial charge in [0.25, 0.3) is 0 Å². The van der Waals surface area contributed by atoms with Crippen molar-refractivity contribution in [2.24, 2.45) is 16.6 Å². The van der Waals surface area contributed by atoms with Crippen molar-refractivity contribution in [1.82, 2.24) is 5.32 Å². The number of rotatable bonds is 10. The lowest BCUT2D eigenvalue weighted by Gasteiger charge is -2.50. The number of carbonyl (C=O) groups excluding carboxylic acids is 2. The second kappa shape index (κ2) is 8.55. The van der Waals surface area contributed by atoms with Crippen molar-refractivity contribution >= 4 is 35.0 Å². The predicted octanol–water partition coefficient (Wildman–Crippen LogP) is 3.82. The van der Waals surface area contributed by atoms with Gasteiger partial charge >= 0.3 is 5.97 Å². The molecule has 0 aliphatic carbocycles. The number of carbonyl (C=O) groups is 2. The van der Waals surface area contributed by atoms with Crippen molar-refractivity contribution in [3.05, 3.63) is 0 Å². The van der Waals surface area contributed by atoms with Crippen LogP contribution in [0.5, 0.6) is 0 Å². The van der Waals surface area contributed by atoms with Crippen LogP contribution in [-0.2, 0) is 14.3 Å². The zero-order valence-electron chi connectivity index (χ0n) is 17.3. The summed E-state index contributed by atoms with van der Waals surface area (Å²) in [6.45, 7) is 18.1. The molecule has 6 heteroatoms. The van der Waals surface area contributed by atoms with Crippen LogP contribution in [0.2, 0.25) is 0 Å². The molecule has 0 aromatic carbocycles. The van der Waals surface area contributed by atoms with Crippen molar-refractivity contribution in [3.8, 4) is 0 Å². The fraction of sp³-hybridized carbons (Fsp3) is 0.895. The second-order valence-electron chi connectivity index (χ2n) is 9.49. The fourth-order valence-corrected chi connectivity index (χ4v) is 3.31. The molecule has 0 rings (SSSR count). The second-order valence-corrected chi connectivity index (χ2v) is 12.4. The van der Waals surface area contributed by atoms with Gasteiger partial charge in [-0.2, -0.15) is 0 Å². The molecule has 2 atom stereocenters. The van der Waals surface area contributed by atoms with E-state index in [0.29, 0.717) is 12.8 Å². The topological polar surface area (TPSA) is 81.4 Å². The number of hydrogen-bond donors (Lipinski definition) is 2. The quantitative estimate of drug-likeness (QED) is 0.221. The number of halogens is 1. The van der Waals surface area contributed by atoms with Gasteiger partial charge in [-0.15, -0.1) is 0 Å². The Morgan fingerprint density at radius 2 is 1.60 bits per heavy atom. The van der Waals surface area contributed by atoms with Crippen molar-refractivity contribution < 1.29 is 14.3 Å². The van der Waals surface area contributed by atoms with E-state index in [1.807, 2.05) is 13.8 Å². The van der Waals surface area contributed by atoms with Crippen molar-refractivity contribution in [1.29, 1.82) is 0 Å². The molecule has 0 spiro atoms. The van der Waals surface area contributed by atoms with Crippen LogP contribution in [0.25, 0.3) is 0 Å². The van der Waals surface area contributed by atoms with Crippen LogP contribution in [0.1, 0.15) is 75.2 Å². The van der Waals surface area contributed by atoms with Gasteiger partial charge in [0, 0.05) is 27.3 Å². The van der Waals surface area contributed by atoms with Gasteiger partial charge in [0.2, 0.25) is 6.41 Å². The van der Waals surface area contributed by atoms with E-state index < -0.39 is 5.54 Å². The van der Waals surface area contributed by atoms with Gasteiger partial charge in [0.15, 0.2) is 0 Å². The molecule has 1 amide bonds. The van der Waals surface area contributed by atoms with Gasteiger partial charge in [-0.3, -0.25) is 9.59 Å². The molecule has 0 heterocycles. The number of alkyl halides is 1. The van der Waals surface area contributed by atoms with E-state index in [1.165, 1.54) is 6.92 Å². The van der Waals surface area contributed by atoms with Gasteiger partial charge in [0.05, 0.1) is 0 Å². The van der Waals surface area contributed by atoms with Gasteiger partial charge in [0.1, 0.15) is 6.10 Å². The van der Waals surface area contributed by atoms with Crippen LogP contribution in [-0.4, -0.2) is 33.5 Å². The maximum atomic E-state index is 11.7. The Morgan fingerprint density at radius 3 is 1.92 bits per heavy atom. The number of nitrogens with one attached hydrogen (secondary N) is 1. The first kappa shape index (κ1) is 24.6. The highest BCUT2D eigenvalue weighted by molar-refractivity contribution is 14.1. The maximum Gasteiger partial charge on any atom is 0.302 e.